The fraction of sp³-hybridized carbons (Fsp3) is 0.462. The molecule has 6 heteroatoms. The second-order valence-corrected chi connectivity index (χ2v) is 6.62. The molecule has 0 saturated carbocycles. The first kappa shape index (κ1) is 14.0. The number of para-hydroxylation sites is 1. The van der Waals surface area contributed by atoms with E-state index in [1.807, 2.05) is 37.3 Å². The Kier molecular flexibility index (Phi) is 4.21. The number of rotatable bonds is 4. The molecule has 0 aromatic heterocycles. The number of nitrogens with zero attached hydrogens (tertiary/aromatic N) is 2. The molecule has 5 nitrogen and oxygen atoms in total. The number of sulfonamides is 1. The Labute approximate surface area is 113 Å². The minimum absolute atomic E-state index is 0.0583. The van der Waals surface area contributed by atoms with Crippen molar-refractivity contribution in [2.24, 2.45) is 0 Å². The van der Waals surface area contributed by atoms with Gasteiger partial charge in [-0.25, -0.2) is 8.42 Å². The zero-order valence-electron chi connectivity index (χ0n) is 10.9. The summed E-state index contributed by atoms with van der Waals surface area (Å²) in [5.41, 5.74) is 0.819. The number of hydrogen-bond acceptors (Lipinski definition) is 3. The summed E-state index contributed by atoms with van der Waals surface area (Å²) in [6.45, 7) is 2.53. The molecule has 1 heterocycles. The van der Waals surface area contributed by atoms with Crippen LogP contribution in [0.1, 0.15) is 13.3 Å². The molecular weight excluding hydrogens is 264 g/mol. The van der Waals surface area contributed by atoms with Crippen LogP contribution in [0.5, 0.6) is 0 Å². The Bertz CT molecular complexity index is 542. The van der Waals surface area contributed by atoms with Crippen LogP contribution >= 0.6 is 0 Å². The number of hydrogen-bond donors (Lipinski definition) is 0. The highest BCUT2D eigenvalue weighted by Gasteiger charge is 2.31. The van der Waals surface area contributed by atoms with Gasteiger partial charge in [-0.15, -0.1) is 0 Å². The molecule has 0 atom stereocenters. The van der Waals surface area contributed by atoms with Gasteiger partial charge in [0.2, 0.25) is 15.9 Å². The molecule has 1 aromatic carbocycles. The van der Waals surface area contributed by atoms with Crippen molar-refractivity contribution >= 4 is 21.6 Å². The van der Waals surface area contributed by atoms with Crippen LogP contribution in [0.25, 0.3) is 0 Å². The summed E-state index contributed by atoms with van der Waals surface area (Å²) in [6, 6.07) is 9.32. The number of anilines is 1. The summed E-state index contributed by atoms with van der Waals surface area (Å²) in [6.07, 6.45) is 0.565. The third kappa shape index (κ3) is 3.13. The van der Waals surface area contributed by atoms with Crippen LogP contribution in [0.15, 0.2) is 30.3 Å². The molecule has 1 aromatic rings. The van der Waals surface area contributed by atoms with E-state index < -0.39 is 10.0 Å². The molecule has 1 fully saturated rings. The van der Waals surface area contributed by atoms with Crippen LogP contribution in [0, 0.1) is 0 Å². The van der Waals surface area contributed by atoms with E-state index in [9.17, 15) is 13.2 Å². The van der Waals surface area contributed by atoms with E-state index >= 15 is 0 Å². The quantitative estimate of drug-likeness (QED) is 0.830. The van der Waals surface area contributed by atoms with Gasteiger partial charge in [0, 0.05) is 18.8 Å². The van der Waals surface area contributed by atoms with Crippen molar-refractivity contribution in [1.29, 1.82) is 0 Å². The monoisotopic (exact) mass is 282 g/mol. The van der Waals surface area contributed by atoms with Crippen LogP contribution < -0.4 is 4.90 Å². The number of carbonyl (C=O) groups is 1. The zero-order chi connectivity index (χ0) is 13.9. The van der Waals surface area contributed by atoms with Crippen LogP contribution in [0.3, 0.4) is 0 Å². The number of piperazine rings is 1. The first-order valence-corrected chi connectivity index (χ1v) is 7.99. The van der Waals surface area contributed by atoms with Gasteiger partial charge in [0.15, 0.2) is 0 Å². The lowest BCUT2D eigenvalue weighted by molar-refractivity contribution is -0.119. The molecule has 0 radical (unpaired) electrons. The Balaban J connectivity index is 2.09. The third-order valence-electron chi connectivity index (χ3n) is 3.11. The molecule has 1 amide bonds. The first-order valence-electron chi connectivity index (χ1n) is 6.38. The van der Waals surface area contributed by atoms with Gasteiger partial charge in [0.05, 0.1) is 12.3 Å². The van der Waals surface area contributed by atoms with E-state index in [4.69, 9.17) is 0 Å². The predicted molar refractivity (Wildman–Crippen MR) is 74.4 cm³/mol. The van der Waals surface area contributed by atoms with Crippen LogP contribution in [-0.4, -0.2) is 44.0 Å². The van der Waals surface area contributed by atoms with Crippen molar-refractivity contribution < 1.29 is 13.2 Å². The van der Waals surface area contributed by atoms with E-state index in [-0.39, 0.29) is 18.2 Å². The van der Waals surface area contributed by atoms with E-state index in [1.54, 1.807) is 4.90 Å². The molecule has 0 aliphatic carbocycles. The van der Waals surface area contributed by atoms with E-state index in [1.165, 1.54) is 4.31 Å². The highest BCUT2D eigenvalue weighted by molar-refractivity contribution is 7.89. The maximum Gasteiger partial charge on any atom is 0.242 e. The molecule has 19 heavy (non-hydrogen) atoms. The van der Waals surface area contributed by atoms with Gasteiger partial charge in [-0.3, -0.25) is 4.79 Å². The van der Waals surface area contributed by atoms with E-state index in [2.05, 4.69) is 0 Å². The first-order chi connectivity index (χ1) is 9.04. The maximum absolute atomic E-state index is 12.1. The van der Waals surface area contributed by atoms with Gasteiger partial charge in [0.1, 0.15) is 0 Å². The molecule has 0 bridgehead atoms. The maximum atomic E-state index is 12.1. The van der Waals surface area contributed by atoms with Gasteiger partial charge < -0.3 is 4.90 Å². The van der Waals surface area contributed by atoms with Gasteiger partial charge in [-0.1, -0.05) is 25.1 Å². The van der Waals surface area contributed by atoms with Crippen molar-refractivity contribution in [1.82, 2.24) is 4.31 Å². The Morgan fingerprint density at radius 3 is 2.42 bits per heavy atom. The number of amides is 1. The van der Waals surface area contributed by atoms with E-state index in [0.717, 1.165) is 5.69 Å². The minimum atomic E-state index is -3.29. The largest absolute Gasteiger partial charge is 0.310 e. The van der Waals surface area contributed by atoms with Crippen LogP contribution in [-0.2, 0) is 14.8 Å². The number of carbonyl (C=O) groups excluding carboxylic acids is 1. The molecule has 1 saturated heterocycles. The lowest BCUT2D eigenvalue weighted by atomic mass is 10.2. The Morgan fingerprint density at radius 1 is 1.16 bits per heavy atom. The average Bonchev–Trinajstić information content (AvgIpc) is 2.39. The molecule has 1 aliphatic rings. The average molecular weight is 282 g/mol. The summed E-state index contributed by atoms with van der Waals surface area (Å²) < 4.78 is 25.1. The van der Waals surface area contributed by atoms with Crippen molar-refractivity contribution in [3.8, 4) is 0 Å². The van der Waals surface area contributed by atoms with Gasteiger partial charge in [-0.05, 0) is 18.6 Å². The molecule has 1 aliphatic heterocycles. The summed E-state index contributed by atoms with van der Waals surface area (Å²) in [5, 5.41) is 0. The standard InChI is InChI=1S/C13H18N2O3S/c1-2-10-19(17,18)14-8-9-15(13(16)11-14)12-6-4-3-5-7-12/h3-7H,2,8-11H2,1H3. The van der Waals surface area contributed by atoms with Crippen molar-refractivity contribution in [2.75, 3.05) is 30.3 Å². The lowest BCUT2D eigenvalue weighted by Gasteiger charge is -2.33. The summed E-state index contributed by atoms with van der Waals surface area (Å²) in [7, 11) is -3.29. The smallest absolute Gasteiger partial charge is 0.242 e. The molecular formula is C13H18N2O3S. The van der Waals surface area contributed by atoms with Gasteiger partial charge in [0.25, 0.3) is 0 Å². The normalized spacial score (nSPS) is 17.7. The summed E-state index contributed by atoms with van der Waals surface area (Å²) in [4.78, 5) is 13.7. The fourth-order valence-corrected chi connectivity index (χ4v) is 3.60. The van der Waals surface area contributed by atoms with Crippen LogP contribution in [0.4, 0.5) is 5.69 Å². The molecule has 2 rings (SSSR count). The predicted octanol–water partition coefficient (Wildman–Crippen LogP) is 1.07. The lowest BCUT2D eigenvalue weighted by Crippen LogP contribution is -2.52. The van der Waals surface area contributed by atoms with Crippen molar-refractivity contribution in [2.45, 2.75) is 13.3 Å². The second-order valence-electron chi connectivity index (χ2n) is 4.53. The molecule has 0 spiro atoms. The minimum Gasteiger partial charge on any atom is -0.310 e. The van der Waals surface area contributed by atoms with Gasteiger partial charge in [-0.2, -0.15) is 4.31 Å². The highest BCUT2D eigenvalue weighted by atomic mass is 32.2. The fourth-order valence-electron chi connectivity index (χ4n) is 2.16. The topological polar surface area (TPSA) is 57.7 Å². The van der Waals surface area contributed by atoms with Crippen molar-refractivity contribution in [3.05, 3.63) is 30.3 Å². The zero-order valence-corrected chi connectivity index (χ0v) is 11.8. The summed E-state index contributed by atoms with van der Waals surface area (Å²) in [5.74, 6) is -0.0665. The second kappa shape index (κ2) is 5.71. The number of benzene rings is 1. The Hall–Kier alpha value is -1.40. The van der Waals surface area contributed by atoms with Crippen LogP contribution in [0.2, 0.25) is 0 Å². The highest BCUT2D eigenvalue weighted by Crippen LogP contribution is 2.18. The van der Waals surface area contributed by atoms with E-state index in [0.29, 0.717) is 19.5 Å². The molecule has 0 N–H and O–H groups in total. The summed E-state index contributed by atoms with van der Waals surface area (Å²) >= 11 is 0. The van der Waals surface area contributed by atoms with Crippen molar-refractivity contribution in [3.63, 3.8) is 0 Å². The Morgan fingerprint density at radius 2 is 1.84 bits per heavy atom. The molecule has 104 valence electrons. The van der Waals surface area contributed by atoms with Gasteiger partial charge >= 0.3 is 0 Å². The molecule has 0 unspecified atom stereocenters. The SMILES string of the molecule is CCCS(=O)(=O)N1CCN(c2ccccc2)C(=O)C1. The third-order valence-corrected chi connectivity index (χ3v) is 5.13.